The number of anilines is 1. The summed E-state index contributed by atoms with van der Waals surface area (Å²) in [5.41, 5.74) is 2.57. The molecule has 0 bridgehead atoms. The lowest BCUT2D eigenvalue weighted by atomic mass is 10.2. The highest BCUT2D eigenvalue weighted by Crippen LogP contribution is 2.23. The molecule has 0 saturated carbocycles. The topological polar surface area (TPSA) is 72.7 Å². The lowest BCUT2D eigenvalue weighted by Crippen LogP contribution is -2.12. The average molecular weight is 379 g/mol. The minimum Gasteiger partial charge on any atom is -0.325 e. The largest absolute Gasteiger partial charge is 0.325 e. The highest BCUT2D eigenvalue weighted by atomic mass is 32.1. The number of para-hydroxylation sites is 1. The fourth-order valence-corrected chi connectivity index (χ4v) is 4.05. The van der Waals surface area contributed by atoms with Crippen LogP contribution in [0, 0.1) is 0 Å². The fraction of sp³-hybridized carbons (Fsp3) is 0.300. The van der Waals surface area contributed by atoms with Gasteiger partial charge in [0, 0.05) is 17.8 Å². The summed E-state index contributed by atoms with van der Waals surface area (Å²) in [6, 6.07) is 10.3. The molecular weight excluding hydrogens is 358 g/mol. The Morgan fingerprint density at radius 2 is 2.11 bits per heavy atom. The number of aromatic nitrogens is 4. The van der Waals surface area contributed by atoms with Gasteiger partial charge in [0.25, 0.3) is 0 Å². The van der Waals surface area contributed by atoms with Gasteiger partial charge < -0.3 is 5.32 Å². The van der Waals surface area contributed by atoms with Gasteiger partial charge in [-0.1, -0.05) is 12.1 Å². The molecule has 3 aromatic heterocycles. The summed E-state index contributed by atoms with van der Waals surface area (Å²) >= 11 is 1.70. The zero-order chi connectivity index (χ0) is 18.8. The molecule has 1 aromatic carbocycles. The monoisotopic (exact) mass is 379 g/mol. The van der Waals surface area contributed by atoms with E-state index in [1.807, 2.05) is 28.9 Å². The van der Waals surface area contributed by atoms with Crippen molar-refractivity contribution in [1.82, 2.24) is 19.7 Å². The van der Waals surface area contributed by atoms with Crippen LogP contribution in [0.25, 0.3) is 21.3 Å². The van der Waals surface area contributed by atoms with Crippen LogP contribution in [-0.2, 0) is 11.2 Å². The van der Waals surface area contributed by atoms with Crippen molar-refractivity contribution in [2.24, 2.45) is 0 Å². The van der Waals surface area contributed by atoms with Crippen LogP contribution in [0.2, 0.25) is 0 Å². The minimum absolute atomic E-state index is 0.00601. The van der Waals surface area contributed by atoms with Gasteiger partial charge in [-0.05, 0) is 44.9 Å². The number of amides is 1. The van der Waals surface area contributed by atoms with Gasteiger partial charge in [-0.15, -0.1) is 11.3 Å². The SMILES string of the molecule is CC(C)n1ncc2cc(NC(=O)CCCc3nc4ccccc4s3)cnc21. The van der Waals surface area contributed by atoms with E-state index < -0.39 is 0 Å². The number of hydrogen-bond donors (Lipinski definition) is 1. The Labute approximate surface area is 161 Å². The lowest BCUT2D eigenvalue weighted by molar-refractivity contribution is -0.116. The molecule has 0 saturated heterocycles. The lowest BCUT2D eigenvalue weighted by Gasteiger charge is -2.07. The second-order valence-corrected chi connectivity index (χ2v) is 7.91. The zero-order valence-corrected chi connectivity index (χ0v) is 16.2. The molecule has 1 N–H and O–H groups in total. The number of rotatable bonds is 6. The molecule has 0 unspecified atom stereocenters. The number of nitrogens with zero attached hydrogens (tertiary/aromatic N) is 4. The smallest absolute Gasteiger partial charge is 0.224 e. The predicted octanol–water partition coefficient (Wildman–Crippen LogP) is 4.58. The Kier molecular flexibility index (Phi) is 4.85. The van der Waals surface area contributed by atoms with Crippen LogP contribution < -0.4 is 5.32 Å². The molecule has 7 heteroatoms. The summed E-state index contributed by atoms with van der Waals surface area (Å²) in [5.74, 6) is -0.00601. The standard InChI is InChI=1S/C20H21N5OS/c1-13(2)25-20-14(11-22-25)10-15(12-21-20)23-18(26)8-5-9-19-24-16-6-3-4-7-17(16)27-19/h3-4,6-7,10-13H,5,8-9H2,1-2H3,(H,23,26). The second-order valence-electron chi connectivity index (χ2n) is 6.80. The van der Waals surface area contributed by atoms with Crippen LogP contribution in [0.5, 0.6) is 0 Å². The van der Waals surface area contributed by atoms with Crippen LogP contribution in [-0.4, -0.2) is 25.7 Å². The maximum Gasteiger partial charge on any atom is 0.224 e. The van der Waals surface area contributed by atoms with E-state index in [0.29, 0.717) is 12.1 Å². The van der Waals surface area contributed by atoms with Crippen molar-refractivity contribution in [3.05, 3.63) is 47.7 Å². The number of carbonyl (C=O) groups excluding carboxylic acids is 1. The van der Waals surface area contributed by atoms with E-state index in [4.69, 9.17) is 0 Å². The van der Waals surface area contributed by atoms with E-state index in [2.05, 4.69) is 40.3 Å². The van der Waals surface area contributed by atoms with Crippen molar-refractivity contribution in [3.63, 3.8) is 0 Å². The molecule has 0 aliphatic carbocycles. The second kappa shape index (κ2) is 7.44. The molecule has 138 valence electrons. The maximum atomic E-state index is 12.2. The van der Waals surface area contributed by atoms with E-state index in [1.54, 1.807) is 23.7 Å². The van der Waals surface area contributed by atoms with E-state index in [9.17, 15) is 4.79 Å². The van der Waals surface area contributed by atoms with Crippen LogP contribution >= 0.6 is 11.3 Å². The normalized spacial score (nSPS) is 11.5. The third-order valence-corrected chi connectivity index (χ3v) is 5.44. The molecular formula is C20H21N5OS. The number of aryl methyl sites for hydroxylation is 1. The van der Waals surface area contributed by atoms with Gasteiger partial charge in [0.1, 0.15) is 0 Å². The molecule has 4 aromatic rings. The van der Waals surface area contributed by atoms with Crippen molar-refractivity contribution < 1.29 is 4.79 Å². The summed E-state index contributed by atoms with van der Waals surface area (Å²) in [6.07, 6.45) is 5.51. The van der Waals surface area contributed by atoms with E-state index in [1.165, 1.54) is 4.70 Å². The van der Waals surface area contributed by atoms with Gasteiger partial charge in [-0.25, -0.2) is 14.6 Å². The number of thiazole rings is 1. The highest BCUT2D eigenvalue weighted by molar-refractivity contribution is 7.18. The summed E-state index contributed by atoms with van der Waals surface area (Å²) in [6.45, 7) is 4.13. The van der Waals surface area contributed by atoms with E-state index in [-0.39, 0.29) is 11.9 Å². The van der Waals surface area contributed by atoms with Crippen molar-refractivity contribution in [1.29, 1.82) is 0 Å². The van der Waals surface area contributed by atoms with Gasteiger partial charge in [-0.2, -0.15) is 5.10 Å². The van der Waals surface area contributed by atoms with Gasteiger partial charge in [0.05, 0.1) is 33.3 Å². The highest BCUT2D eigenvalue weighted by Gasteiger charge is 2.10. The third kappa shape index (κ3) is 3.83. The quantitative estimate of drug-likeness (QED) is 0.532. The molecule has 27 heavy (non-hydrogen) atoms. The Bertz CT molecular complexity index is 1070. The average Bonchev–Trinajstić information content (AvgIpc) is 3.24. The van der Waals surface area contributed by atoms with Crippen LogP contribution in [0.1, 0.15) is 37.7 Å². The van der Waals surface area contributed by atoms with Gasteiger partial charge >= 0.3 is 0 Å². The minimum atomic E-state index is -0.00601. The fourth-order valence-electron chi connectivity index (χ4n) is 3.04. The Morgan fingerprint density at radius 1 is 1.26 bits per heavy atom. The first-order chi connectivity index (χ1) is 13.1. The van der Waals surface area contributed by atoms with Crippen LogP contribution in [0.3, 0.4) is 0 Å². The van der Waals surface area contributed by atoms with E-state index >= 15 is 0 Å². The van der Waals surface area contributed by atoms with Crippen molar-refractivity contribution in [2.45, 2.75) is 39.2 Å². The summed E-state index contributed by atoms with van der Waals surface area (Å²) in [7, 11) is 0. The molecule has 0 spiro atoms. The summed E-state index contributed by atoms with van der Waals surface area (Å²) < 4.78 is 3.07. The first kappa shape index (κ1) is 17.6. The number of nitrogens with one attached hydrogen (secondary N) is 1. The molecule has 0 fully saturated rings. The molecule has 0 atom stereocenters. The molecule has 6 nitrogen and oxygen atoms in total. The number of hydrogen-bond acceptors (Lipinski definition) is 5. The first-order valence-electron chi connectivity index (χ1n) is 9.08. The predicted molar refractivity (Wildman–Crippen MR) is 109 cm³/mol. The third-order valence-electron chi connectivity index (χ3n) is 4.34. The number of benzene rings is 1. The number of fused-ring (bicyclic) bond motifs is 2. The Balaban J connectivity index is 1.34. The summed E-state index contributed by atoms with van der Waals surface area (Å²) in [4.78, 5) is 21.3. The summed E-state index contributed by atoms with van der Waals surface area (Å²) in [5, 5.41) is 9.29. The van der Waals surface area contributed by atoms with E-state index in [0.717, 1.165) is 34.4 Å². The van der Waals surface area contributed by atoms with Gasteiger partial charge in [0.15, 0.2) is 5.65 Å². The number of carbonyl (C=O) groups is 1. The van der Waals surface area contributed by atoms with Gasteiger partial charge in [-0.3, -0.25) is 4.79 Å². The Morgan fingerprint density at radius 3 is 2.93 bits per heavy atom. The molecule has 1 amide bonds. The Hall–Kier alpha value is -2.80. The molecule has 3 heterocycles. The first-order valence-corrected chi connectivity index (χ1v) is 9.89. The molecule has 4 rings (SSSR count). The van der Waals surface area contributed by atoms with Crippen molar-refractivity contribution >= 4 is 44.2 Å². The van der Waals surface area contributed by atoms with Crippen LogP contribution in [0.4, 0.5) is 5.69 Å². The van der Waals surface area contributed by atoms with Crippen molar-refractivity contribution in [2.75, 3.05) is 5.32 Å². The number of pyridine rings is 1. The van der Waals surface area contributed by atoms with Gasteiger partial charge in [0.2, 0.25) is 5.91 Å². The molecule has 0 aliphatic rings. The van der Waals surface area contributed by atoms with Crippen molar-refractivity contribution in [3.8, 4) is 0 Å². The maximum absolute atomic E-state index is 12.2. The molecule has 0 radical (unpaired) electrons. The van der Waals surface area contributed by atoms with Crippen LogP contribution in [0.15, 0.2) is 42.7 Å². The molecule has 0 aliphatic heterocycles. The zero-order valence-electron chi connectivity index (χ0n) is 15.3.